The van der Waals surface area contributed by atoms with Gasteiger partial charge in [0.2, 0.25) is 5.91 Å². The molecule has 4 heteroatoms. The van der Waals surface area contributed by atoms with E-state index in [1.165, 1.54) is 6.42 Å². The van der Waals surface area contributed by atoms with Gasteiger partial charge in [0.05, 0.1) is 0 Å². The lowest BCUT2D eigenvalue weighted by molar-refractivity contribution is 0.100. The molecule has 0 saturated heterocycles. The predicted molar refractivity (Wildman–Crippen MR) is 98.2 cm³/mol. The van der Waals surface area contributed by atoms with Crippen LogP contribution in [0.5, 0.6) is 5.75 Å². The van der Waals surface area contributed by atoms with Crippen molar-refractivity contribution in [1.29, 1.82) is 0 Å². The first-order chi connectivity index (χ1) is 11.6. The second-order valence-corrected chi connectivity index (χ2v) is 6.25. The third kappa shape index (κ3) is 5.70. The highest BCUT2D eigenvalue weighted by molar-refractivity contribution is 5.93. The van der Waals surface area contributed by atoms with E-state index in [0.29, 0.717) is 12.2 Å². The summed E-state index contributed by atoms with van der Waals surface area (Å²) in [6.45, 7) is 6.98. The normalized spacial score (nSPS) is 10.8. The summed E-state index contributed by atoms with van der Waals surface area (Å²) < 4.78 is 5.73. The third-order valence-corrected chi connectivity index (χ3v) is 3.80. The van der Waals surface area contributed by atoms with E-state index in [2.05, 4.69) is 19.2 Å². The van der Waals surface area contributed by atoms with Gasteiger partial charge in [0.15, 0.2) is 0 Å². The smallest absolute Gasteiger partial charge is 0.248 e. The fourth-order valence-corrected chi connectivity index (χ4v) is 2.33. The maximum atomic E-state index is 11.1. The second kappa shape index (κ2) is 9.08. The van der Waals surface area contributed by atoms with Crippen LogP contribution in [0.4, 0.5) is 0 Å². The molecule has 0 heterocycles. The van der Waals surface area contributed by atoms with Gasteiger partial charge >= 0.3 is 0 Å². The highest BCUT2D eigenvalue weighted by Crippen LogP contribution is 2.22. The van der Waals surface area contributed by atoms with Gasteiger partial charge < -0.3 is 15.8 Å². The summed E-state index contributed by atoms with van der Waals surface area (Å²) in [6, 6.07) is 15.2. The van der Waals surface area contributed by atoms with Gasteiger partial charge in [-0.05, 0) is 54.3 Å². The quantitative estimate of drug-likeness (QED) is 0.694. The Balaban J connectivity index is 1.81. The van der Waals surface area contributed by atoms with Crippen LogP contribution in [0.3, 0.4) is 0 Å². The molecule has 0 aliphatic heterocycles. The molecule has 0 fully saturated rings. The van der Waals surface area contributed by atoms with Crippen LogP contribution in [0.1, 0.15) is 30.6 Å². The zero-order chi connectivity index (χ0) is 17.4. The summed E-state index contributed by atoms with van der Waals surface area (Å²) in [5, 5.41) is 3.38. The summed E-state index contributed by atoms with van der Waals surface area (Å²) in [4.78, 5) is 11.1. The topological polar surface area (TPSA) is 64.3 Å². The first-order valence-electron chi connectivity index (χ1n) is 8.40. The molecule has 0 unspecified atom stereocenters. The number of amides is 1. The van der Waals surface area contributed by atoms with Gasteiger partial charge in [-0.1, -0.05) is 38.1 Å². The van der Waals surface area contributed by atoms with E-state index in [1.54, 1.807) is 12.1 Å². The van der Waals surface area contributed by atoms with Crippen LogP contribution >= 0.6 is 0 Å². The van der Waals surface area contributed by atoms with E-state index in [-0.39, 0.29) is 0 Å². The molecule has 0 aromatic heterocycles. The van der Waals surface area contributed by atoms with E-state index < -0.39 is 5.91 Å². The molecule has 2 aromatic rings. The molecular formula is C20H26N2O2. The summed E-state index contributed by atoms with van der Waals surface area (Å²) in [5.74, 6) is 1.17. The molecule has 0 spiro atoms. The first kappa shape index (κ1) is 18.0. The minimum atomic E-state index is -0.410. The van der Waals surface area contributed by atoms with Crippen molar-refractivity contribution in [3.8, 4) is 16.9 Å². The van der Waals surface area contributed by atoms with Crippen LogP contribution in [0.2, 0.25) is 0 Å². The Morgan fingerprint density at radius 2 is 1.58 bits per heavy atom. The minimum absolute atomic E-state index is 0.410. The number of carbonyl (C=O) groups is 1. The van der Waals surface area contributed by atoms with Crippen LogP contribution in [0, 0.1) is 5.92 Å². The van der Waals surface area contributed by atoms with Crippen LogP contribution in [0.15, 0.2) is 48.5 Å². The maximum Gasteiger partial charge on any atom is 0.248 e. The number of nitrogens with one attached hydrogen (secondary N) is 1. The highest BCUT2D eigenvalue weighted by Gasteiger charge is 2.02. The highest BCUT2D eigenvalue weighted by atomic mass is 16.5. The number of hydrogen-bond acceptors (Lipinski definition) is 3. The van der Waals surface area contributed by atoms with Crippen molar-refractivity contribution in [3.05, 3.63) is 54.1 Å². The Bertz CT molecular complexity index is 634. The molecule has 2 aromatic carbocycles. The molecule has 0 atom stereocenters. The van der Waals surface area contributed by atoms with E-state index in [1.807, 2.05) is 36.4 Å². The van der Waals surface area contributed by atoms with Gasteiger partial charge in [-0.25, -0.2) is 0 Å². The summed E-state index contributed by atoms with van der Waals surface area (Å²) in [5.41, 5.74) is 7.89. The number of carbonyl (C=O) groups excluding carboxylic acids is 1. The molecule has 2 rings (SSSR count). The summed E-state index contributed by atoms with van der Waals surface area (Å²) >= 11 is 0. The van der Waals surface area contributed by atoms with Crippen LogP contribution in [0.25, 0.3) is 11.1 Å². The molecule has 4 nitrogen and oxygen atoms in total. The molecular weight excluding hydrogens is 300 g/mol. The Hall–Kier alpha value is -2.33. The number of ether oxygens (including phenoxy) is 1. The lowest BCUT2D eigenvalue weighted by Gasteiger charge is -2.09. The lowest BCUT2D eigenvalue weighted by atomic mass is 10.0. The molecule has 0 bridgehead atoms. The molecule has 0 saturated carbocycles. The fourth-order valence-electron chi connectivity index (χ4n) is 2.33. The van der Waals surface area contributed by atoms with Crippen LogP contribution in [-0.4, -0.2) is 25.6 Å². The molecule has 1 amide bonds. The molecule has 0 aliphatic rings. The number of hydrogen-bond donors (Lipinski definition) is 2. The van der Waals surface area contributed by atoms with Gasteiger partial charge in [0, 0.05) is 12.1 Å². The summed E-state index contributed by atoms with van der Waals surface area (Å²) in [6.07, 6.45) is 1.18. The Labute approximate surface area is 144 Å². The van der Waals surface area contributed by atoms with Crippen molar-refractivity contribution in [2.45, 2.75) is 20.3 Å². The summed E-state index contributed by atoms with van der Waals surface area (Å²) in [7, 11) is 0. The van der Waals surface area contributed by atoms with Gasteiger partial charge in [0.25, 0.3) is 0 Å². The van der Waals surface area contributed by atoms with E-state index >= 15 is 0 Å². The van der Waals surface area contributed by atoms with Crippen molar-refractivity contribution in [1.82, 2.24) is 5.32 Å². The molecule has 0 aliphatic carbocycles. The average Bonchev–Trinajstić information content (AvgIpc) is 2.58. The van der Waals surface area contributed by atoms with Crippen LogP contribution in [-0.2, 0) is 0 Å². The van der Waals surface area contributed by atoms with Crippen molar-refractivity contribution < 1.29 is 9.53 Å². The van der Waals surface area contributed by atoms with Gasteiger partial charge in [0.1, 0.15) is 12.4 Å². The number of nitrogens with two attached hydrogens (primary N) is 1. The number of rotatable bonds is 9. The van der Waals surface area contributed by atoms with Gasteiger partial charge in [-0.3, -0.25) is 4.79 Å². The molecule has 24 heavy (non-hydrogen) atoms. The lowest BCUT2D eigenvalue weighted by Crippen LogP contribution is -2.22. The van der Waals surface area contributed by atoms with Crippen molar-refractivity contribution in [2.24, 2.45) is 11.7 Å². The van der Waals surface area contributed by atoms with E-state index in [9.17, 15) is 4.79 Å². The Morgan fingerprint density at radius 1 is 1.00 bits per heavy atom. The molecule has 3 N–H and O–H groups in total. The van der Waals surface area contributed by atoms with E-state index in [0.717, 1.165) is 35.9 Å². The van der Waals surface area contributed by atoms with E-state index in [4.69, 9.17) is 10.5 Å². The first-order valence-corrected chi connectivity index (χ1v) is 8.40. The zero-order valence-corrected chi connectivity index (χ0v) is 14.4. The van der Waals surface area contributed by atoms with Crippen LogP contribution < -0.4 is 15.8 Å². The Kier molecular flexibility index (Phi) is 6.82. The monoisotopic (exact) mass is 326 g/mol. The fraction of sp³-hybridized carbons (Fsp3) is 0.350. The third-order valence-electron chi connectivity index (χ3n) is 3.80. The van der Waals surface area contributed by atoms with Crippen molar-refractivity contribution >= 4 is 5.91 Å². The maximum absolute atomic E-state index is 11.1. The molecule has 0 radical (unpaired) electrons. The minimum Gasteiger partial charge on any atom is -0.492 e. The van der Waals surface area contributed by atoms with Crippen molar-refractivity contribution in [3.63, 3.8) is 0 Å². The zero-order valence-electron chi connectivity index (χ0n) is 14.4. The number of primary amides is 1. The Morgan fingerprint density at radius 3 is 2.12 bits per heavy atom. The second-order valence-electron chi connectivity index (χ2n) is 6.25. The predicted octanol–water partition coefficient (Wildman–Crippen LogP) is 3.47. The van der Waals surface area contributed by atoms with Crippen molar-refractivity contribution in [2.75, 3.05) is 19.7 Å². The number of benzene rings is 2. The van der Waals surface area contributed by atoms with Gasteiger partial charge in [-0.2, -0.15) is 0 Å². The molecule has 128 valence electrons. The average molecular weight is 326 g/mol. The van der Waals surface area contributed by atoms with Gasteiger partial charge in [-0.15, -0.1) is 0 Å². The SMILES string of the molecule is CC(C)CCNCCOc1ccc(-c2ccc(C(N)=O)cc2)cc1. The standard InChI is InChI=1S/C20H26N2O2/c1-15(2)11-12-22-13-14-24-19-9-7-17(8-10-19)16-3-5-18(6-4-16)20(21)23/h3-10,15,22H,11-14H2,1-2H3,(H2,21,23). The largest absolute Gasteiger partial charge is 0.492 e.